The van der Waals surface area contributed by atoms with Crippen LogP contribution < -0.4 is 13.9 Å². The van der Waals surface area contributed by atoms with Crippen LogP contribution in [0.5, 0.6) is 0 Å². The number of para-hydroxylation sites is 1. The van der Waals surface area contributed by atoms with Crippen molar-refractivity contribution in [3.63, 3.8) is 0 Å². The highest BCUT2D eigenvalue weighted by molar-refractivity contribution is 7.95. The van der Waals surface area contributed by atoms with Gasteiger partial charge in [0, 0.05) is 25.7 Å². The summed E-state index contributed by atoms with van der Waals surface area (Å²) in [5.74, 6) is -1.29. The highest BCUT2D eigenvalue weighted by Gasteiger charge is 2.42. The third kappa shape index (κ3) is 3.69. The Hall–Kier alpha value is -1.88. The molecular weight excluding hydrogens is 408 g/mol. The number of halogens is 2. The molecule has 1 saturated heterocycles. The maximum atomic E-state index is 14.3. The van der Waals surface area contributed by atoms with E-state index in [1.165, 1.54) is 40.7 Å². The molecule has 1 N–H and O–H groups in total. The normalized spacial score (nSPS) is 20.6. The Labute approximate surface area is 169 Å². The molecule has 0 aliphatic carbocycles. The number of ether oxygens (including phenoxy) is 1. The van der Waals surface area contributed by atoms with E-state index in [2.05, 4.69) is 5.32 Å². The van der Waals surface area contributed by atoms with Crippen molar-refractivity contribution in [2.75, 3.05) is 34.9 Å². The van der Waals surface area contributed by atoms with Crippen molar-refractivity contribution in [3.05, 3.63) is 54.1 Å². The Balaban J connectivity index is 0.00000225. The van der Waals surface area contributed by atoms with Gasteiger partial charge in [-0.05, 0) is 30.7 Å². The van der Waals surface area contributed by atoms with E-state index in [9.17, 15) is 17.2 Å². The van der Waals surface area contributed by atoms with Crippen LogP contribution in [0, 0.1) is 11.6 Å². The first-order valence-corrected chi connectivity index (χ1v) is 10.1. The summed E-state index contributed by atoms with van der Waals surface area (Å²) in [5, 5.41) is 3.20. The predicted molar refractivity (Wildman–Crippen MR) is 109 cm³/mol. The highest BCUT2D eigenvalue weighted by atomic mass is 32.2. The van der Waals surface area contributed by atoms with Crippen molar-refractivity contribution in [1.82, 2.24) is 5.32 Å². The Bertz CT molecular complexity index is 953. The largest absolute Gasteiger partial charge is 0.376 e. The van der Waals surface area contributed by atoms with E-state index in [-0.39, 0.29) is 37.5 Å². The van der Waals surface area contributed by atoms with Crippen molar-refractivity contribution in [2.24, 2.45) is 0 Å². The summed E-state index contributed by atoms with van der Waals surface area (Å²) in [6.07, 6.45) is 0.356. The van der Waals surface area contributed by atoms with Gasteiger partial charge in [0.25, 0.3) is 0 Å². The number of morpholine rings is 1. The molecule has 2 aliphatic heterocycles. The van der Waals surface area contributed by atoms with Gasteiger partial charge in [-0.1, -0.05) is 12.1 Å². The molecule has 2 heterocycles. The topological polar surface area (TPSA) is 61.9 Å². The summed E-state index contributed by atoms with van der Waals surface area (Å²) in [6.45, 7) is 2.13. The second kappa shape index (κ2) is 8.24. The third-order valence-electron chi connectivity index (χ3n) is 4.66. The van der Waals surface area contributed by atoms with E-state index < -0.39 is 21.8 Å². The molecule has 0 spiro atoms. The fraction of sp³-hybridized carbons (Fsp3) is 0.333. The first kappa shape index (κ1) is 20.8. The van der Waals surface area contributed by atoms with Gasteiger partial charge in [-0.15, -0.1) is 0 Å². The minimum atomic E-state index is -4.10. The molecule has 2 aromatic carbocycles. The predicted octanol–water partition coefficient (Wildman–Crippen LogP) is 2.66. The molecule has 1 fully saturated rings. The standard InChI is InChI=1S/C18H19F2N3O3S.H2S/c19-13-5-6-17-18(11-13)23(16-4-2-1-3-15(16)20)27(24,25)22(17)9-7-14-12-21-8-10-26-14;/h1-6,11,14,21H,7-10,12H2;1H2/t14-;/m0./s1. The number of hydrogen-bond acceptors (Lipinski definition) is 4. The quantitative estimate of drug-likeness (QED) is 0.812. The van der Waals surface area contributed by atoms with Crippen LogP contribution in [0.4, 0.5) is 25.8 Å². The minimum absolute atomic E-state index is 0. The molecule has 10 heteroatoms. The Kier molecular flexibility index (Phi) is 6.13. The third-order valence-corrected chi connectivity index (χ3v) is 6.46. The molecule has 152 valence electrons. The summed E-state index contributed by atoms with van der Waals surface area (Å²) < 4.78 is 62.2. The van der Waals surface area contributed by atoms with Gasteiger partial charge in [-0.3, -0.25) is 4.31 Å². The van der Waals surface area contributed by atoms with Crippen molar-refractivity contribution in [1.29, 1.82) is 0 Å². The zero-order chi connectivity index (χ0) is 19.0. The van der Waals surface area contributed by atoms with Crippen molar-refractivity contribution in [3.8, 4) is 0 Å². The average molecular weight is 430 g/mol. The number of anilines is 3. The summed E-state index contributed by atoms with van der Waals surface area (Å²) >= 11 is 0. The molecule has 0 saturated carbocycles. The van der Waals surface area contributed by atoms with Crippen LogP contribution in [-0.4, -0.2) is 40.8 Å². The van der Waals surface area contributed by atoms with E-state index in [1.54, 1.807) is 0 Å². The zero-order valence-corrected chi connectivity index (χ0v) is 16.8. The van der Waals surface area contributed by atoms with Gasteiger partial charge in [-0.25, -0.2) is 13.1 Å². The van der Waals surface area contributed by atoms with Gasteiger partial charge in [-0.2, -0.15) is 21.9 Å². The average Bonchev–Trinajstić information content (AvgIpc) is 2.87. The first-order chi connectivity index (χ1) is 13.0. The van der Waals surface area contributed by atoms with Crippen LogP contribution in [0.25, 0.3) is 0 Å². The number of rotatable bonds is 4. The molecule has 4 rings (SSSR count). The van der Waals surface area contributed by atoms with Crippen LogP contribution in [-0.2, 0) is 14.9 Å². The molecule has 28 heavy (non-hydrogen) atoms. The van der Waals surface area contributed by atoms with E-state index in [0.29, 0.717) is 25.3 Å². The maximum absolute atomic E-state index is 14.3. The van der Waals surface area contributed by atoms with E-state index in [4.69, 9.17) is 4.74 Å². The lowest BCUT2D eigenvalue weighted by atomic mass is 10.2. The molecule has 0 aromatic heterocycles. The van der Waals surface area contributed by atoms with Crippen LogP contribution in [0.15, 0.2) is 42.5 Å². The number of nitrogens with one attached hydrogen (secondary N) is 1. The van der Waals surface area contributed by atoms with E-state index in [1.807, 2.05) is 0 Å². The monoisotopic (exact) mass is 429 g/mol. The van der Waals surface area contributed by atoms with Gasteiger partial charge < -0.3 is 10.1 Å². The maximum Gasteiger partial charge on any atom is 0.331 e. The van der Waals surface area contributed by atoms with Crippen LogP contribution >= 0.6 is 13.5 Å². The summed E-state index contributed by atoms with van der Waals surface area (Å²) in [4.78, 5) is 0. The molecule has 1 atom stereocenters. The van der Waals surface area contributed by atoms with Gasteiger partial charge in [0.2, 0.25) is 0 Å². The summed E-state index contributed by atoms with van der Waals surface area (Å²) in [6, 6.07) is 9.26. The number of hydrogen-bond donors (Lipinski definition) is 1. The molecular formula is C18H21F2N3O3S2. The molecule has 2 aliphatic rings. The first-order valence-electron chi connectivity index (χ1n) is 8.68. The van der Waals surface area contributed by atoms with Crippen LogP contribution in [0.1, 0.15) is 6.42 Å². The van der Waals surface area contributed by atoms with E-state index in [0.717, 1.165) is 16.9 Å². The fourth-order valence-corrected chi connectivity index (χ4v) is 5.12. The van der Waals surface area contributed by atoms with Gasteiger partial charge in [0.15, 0.2) is 0 Å². The molecule has 2 aromatic rings. The number of nitrogens with zero attached hydrogens (tertiary/aromatic N) is 2. The Morgan fingerprint density at radius 3 is 2.61 bits per heavy atom. The van der Waals surface area contributed by atoms with Crippen LogP contribution in [0.2, 0.25) is 0 Å². The highest BCUT2D eigenvalue weighted by Crippen LogP contribution is 2.46. The Morgan fingerprint density at radius 1 is 1.11 bits per heavy atom. The van der Waals surface area contributed by atoms with Gasteiger partial charge >= 0.3 is 10.2 Å². The fourth-order valence-electron chi connectivity index (χ4n) is 3.39. The number of benzene rings is 2. The number of fused-ring (bicyclic) bond motifs is 1. The van der Waals surface area contributed by atoms with Gasteiger partial charge in [0.1, 0.15) is 11.6 Å². The smallest absolute Gasteiger partial charge is 0.331 e. The molecule has 0 unspecified atom stereocenters. The zero-order valence-electron chi connectivity index (χ0n) is 14.9. The molecule has 6 nitrogen and oxygen atoms in total. The van der Waals surface area contributed by atoms with Crippen molar-refractivity contribution in [2.45, 2.75) is 12.5 Å². The molecule has 0 radical (unpaired) electrons. The summed E-state index contributed by atoms with van der Waals surface area (Å²) in [5.41, 5.74) is 0.286. The minimum Gasteiger partial charge on any atom is -0.376 e. The lowest BCUT2D eigenvalue weighted by Gasteiger charge is -2.26. The lowest BCUT2D eigenvalue weighted by Crippen LogP contribution is -2.42. The van der Waals surface area contributed by atoms with Crippen molar-refractivity contribution < 1.29 is 21.9 Å². The molecule has 0 amide bonds. The van der Waals surface area contributed by atoms with Gasteiger partial charge in [0.05, 0.1) is 29.8 Å². The second-order valence-corrected chi connectivity index (χ2v) is 8.12. The summed E-state index contributed by atoms with van der Waals surface area (Å²) in [7, 11) is -4.10. The van der Waals surface area contributed by atoms with Crippen LogP contribution in [0.3, 0.4) is 0 Å². The van der Waals surface area contributed by atoms with E-state index >= 15 is 0 Å². The van der Waals surface area contributed by atoms with Crippen molar-refractivity contribution >= 4 is 40.8 Å². The SMILES string of the molecule is O=S1(=O)N(CC[C@H]2CNCCO2)c2ccc(F)cc2N1c1ccccc1F.S. The molecule has 0 bridgehead atoms. The Morgan fingerprint density at radius 2 is 1.89 bits per heavy atom. The second-order valence-electron chi connectivity index (χ2n) is 6.41. The lowest BCUT2D eigenvalue weighted by molar-refractivity contribution is 0.0254.